The van der Waals surface area contributed by atoms with Crippen molar-refractivity contribution in [2.45, 2.75) is 6.92 Å². The number of hydrogen-bond donors (Lipinski definition) is 1. The first-order chi connectivity index (χ1) is 12.6. The van der Waals surface area contributed by atoms with Crippen molar-refractivity contribution in [3.8, 4) is 40.4 Å². The lowest BCUT2D eigenvalue weighted by atomic mass is 10.2. The number of furan rings is 1. The molecule has 0 amide bonds. The highest BCUT2D eigenvalue weighted by Gasteiger charge is 2.20. The molecule has 0 aliphatic heterocycles. The Kier molecular flexibility index (Phi) is 3.80. The lowest BCUT2D eigenvalue weighted by Gasteiger charge is -2.12. The number of methoxy groups -OCH3 is 3. The minimum absolute atomic E-state index is 0.338. The molecular formula is C18H17N3O5. The third-order valence-corrected chi connectivity index (χ3v) is 4.04. The number of benzene rings is 1. The number of aromatic nitrogens is 3. The normalized spacial score (nSPS) is 11.1. The molecule has 1 N–H and O–H groups in total. The maximum absolute atomic E-state index is 5.53. The van der Waals surface area contributed by atoms with Crippen LogP contribution in [0.5, 0.6) is 17.2 Å². The van der Waals surface area contributed by atoms with Gasteiger partial charge in [-0.05, 0) is 31.2 Å². The van der Waals surface area contributed by atoms with Crippen LogP contribution in [-0.2, 0) is 0 Å². The molecule has 4 rings (SSSR count). The quantitative estimate of drug-likeness (QED) is 0.581. The van der Waals surface area contributed by atoms with Crippen molar-refractivity contribution in [2.24, 2.45) is 0 Å². The average molecular weight is 355 g/mol. The van der Waals surface area contributed by atoms with E-state index in [1.807, 2.05) is 25.1 Å². The standard InChI is InChI=1S/C18H17N3O5/c1-9-5-6-12(25-9)17-20-18(26-21-17)11-7-10-8-13(22-2)15(23-3)16(24-4)14(10)19-11/h5-8,19H,1-4H3. The molecule has 0 unspecified atom stereocenters. The van der Waals surface area contributed by atoms with Crippen molar-refractivity contribution < 1.29 is 23.2 Å². The van der Waals surface area contributed by atoms with Gasteiger partial charge in [0.1, 0.15) is 11.5 Å². The minimum Gasteiger partial charge on any atom is -0.493 e. The Labute approximate surface area is 148 Å². The lowest BCUT2D eigenvalue weighted by Crippen LogP contribution is -1.95. The number of aromatic amines is 1. The second kappa shape index (κ2) is 6.14. The van der Waals surface area contributed by atoms with E-state index in [1.54, 1.807) is 27.4 Å². The molecular weight excluding hydrogens is 338 g/mol. The Bertz CT molecular complexity index is 1080. The predicted molar refractivity (Wildman–Crippen MR) is 93.7 cm³/mol. The molecule has 0 atom stereocenters. The Morgan fingerprint density at radius 2 is 1.81 bits per heavy atom. The Morgan fingerprint density at radius 1 is 1.00 bits per heavy atom. The zero-order valence-electron chi connectivity index (χ0n) is 14.7. The van der Waals surface area contributed by atoms with Gasteiger partial charge in [-0.25, -0.2) is 0 Å². The summed E-state index contributed by atoms with van der Waals surface area (Å²) < 4.78 is 27.2. The van der Waals surface area contributed by atoms with Crippen LogP contribution in [0.15, 0.2) is 33.2 Å². The van der Waals surface area contributed by atoms with Crippen molar-refractivity contribution in [1.29, 1.82) is 0 Å². The van der Waals surface area contributed by atoms with E-state index in [4.69, 9.17) is 23.2 Å². The number of aryl methyl sites for hydroxylation is 1. The molecule has 0 spiro atoms. The van der Waals surface area contributed by atoms with E-state index in [0.29, 0.717) is 40.4 Å². The topological polar surface area (TPSA) is 95.5 Å². The van der Waals surface area contributed by atoms with Gasteiger partial charge in [0.05, 0.1) is 26.8 Å². The van der Waals surface area contributed by atoms with Crippen molar-refractivity contribution in [1.82, 2.24) is 15.1 Å². The maximum atomic E-state index is 5.53. The van der Waals surface area contributed by atoms with Crippen LogP contribution in [0.25, 0.3) is 34.1 Å². The molecule has 0 saturated heterocycles. The van der Waals surface area contributed by atoms with E-state index < -0.39 is 0 Å². The van der Waals surface area contributed by atoms with E-state index in [1.165, 1.54) is 0 Å². The van der Waals surface area contributed by atoms with Crippen LogP contribution >= 0.6 is 0 Å². The zero-order chi connectivity index (χ0) is 18.3. The summed E-state index contributed by atoms with van der Waals surface area (Å²) in [7, 11) is 4.71. The highest BCUT2D eigenvalue weighted by Crippen LogP contribution is 2.44. The van der Waals surface area contributed by atoms with Gasteiger partial charge < -0.3 is 28.1 Å². The van der Waals surface area contributed by atoms with Gasteiger partial charge in [0.15, 0.2) is 17.3 Å². The fourth-order valence-electron chi connectivity index (χ4n) is 2.85. The highest BCUT2D eigenvalue weighted by atomic mass is 16.5. The van der Waals surface area contributed by atoms with Crippen molar-refractivity contribution in [2.75, 3.05) is 21.3 Å². The van der Waals surface area contributed by atoms with Gasteiger partial charge in [-0.3, -0.25) is 0 Å². The van der Waals surface area contributed by atoms with Crippen LogP contribution in [0.3, 0.4) is 0 Å². The van der Waals surface area contributed by atoms with Crippen LogP contribution in [0.2, 0.25) is 0 Å². The Balaban J connectivity index is 1.82. The Morgan fingerprint density at radius 3 is 2.46 bits per heavy atom. The molecule has 0 bridgehead atoms. The summed E-state index contributed by atoms with van der Waals surface area (Å²) in [4.78, 5) is 7.63. The van der Waals surface area contributed by atoms with E-state index in [9.17, 15) is 0 Å². The number of nitrogens with one attached hydrogen (secondary N) is 1. The molecule has 26 heavy (non-hydrogen) atoms. The van der Waals surface area contributed by atoms with Crippen LogP contribution in [-0.4, -0.2) is 36.5 Å². The number of H-pyrrole nitrogens is 1. The van der Waals surface area contributed by atoms with E-state index in [2.05, 4.69) is 15.1 Å². The number of nitrogens with zero attached hydrogens (tertiary/aromatic N) is 2. The molecule has 4 aromatic rings. The molecule has 8 nitrogen and oxygen atoms in total. The van der Waals surface area contributed by atoms with Crippen molar-refractivity contribution in [3.05, 3.63) is 30.0 Å². The number of fused-ring (bicyclic) bond motifs is 1. The summed E-state index contributed by atoms with van der Waals surface area (Å²) in [5.41, 5.74) is 1.39. The van der Waals surface area contributed by atoms with Crippen LogP contribution in [0.4, 0.5) is 0 Å². The first kappa shape index (κ1) is 16.1. The van der Waals surface area contributed by atoms with Gasteiger partial charge >= 0.3 is 0 Å². The maximum Gasteiger partial charge on any atom is 0.274 e. The zero-order valence-corrected chi connectivity index (χ0v) is 14.7. The Hall–Kier alpha value is -3.42. The van der Waals surface area contributed by atoms with E-state index in [-0.39, 0.29) is 0 Å². The van der Waals surface area contributed by atoms with Crippen LogP contribution in [0, 0.1) is 6.92 Å². The summed E-state index contributed by atoms with van der Waals surface area (Å²) >= 11 is 0. The van der Waals surface area contributed by atoms with Gasteiger partial charge in [-0.1, -0.05) is 5.16 Å². The largest absolute Gasteiger partial charge is 0.493 e. The van der Waals surface area contributed by atoms with Gasteiger partial charge in [0, 0.05) is 5.39 Å². The summed E-state index contributed by atoms with van der Waals surface area (Å²) in [6.45, 7) is 1.86. The highest BCUT2D eigenvalue weighted by molar-refractivity contribution is 5.93. The van der Waals surface area contributed by atoms with Gasteiger partial charge in [-0.2, -0.15) is 4.98 Å². The lowest BCUT2D eigenvalue weighted by molar-refractivity contribution is 0.327. The number of rotatable bonds is 5. The predicted octanol–water partition coefficient (Wildman–Crippen LogP) is 3.81. The smallest absolute Gasteiger partial charge is 0.274 e. The molecule has 134 valence electrons. The van der Waals surface area contributed by atoms with E-state index in [0.717, 1.165) is 16.7 Å². The molecule has 0 fully saturated rings. The molecule has 3 aromatic heterocycles. The monoisotopic (exact) mass is 355 g/mol. The summed E-state index contributed by atoms with van der Waals surface area (Å²) in [5, 5.41) is 4.84. The fourth-order valence-corrected chi connectivity index (χ4v) is 2.85. The van der Waals surface area contributed by atoms with Crippen molar-refractivity contribution >= 4 is 10.9 Å². The van der Waals surface area contributed by atoms with E-state index >= 15 is 0 Å². The first-order valence-corrected chi connectivity index (χ1v) is 7.87. The average Bonchev–Trinajstić information content (AvgIpc) is 3.37. The van der Waals surface area contributed by atoms with Gasteiger partial charge in [-0.15, -0.1) is 0 Å². The second-order valence-electron chi connectivity index (χ2n) is 5.63. The van der Waals surface area contributed by atoms with Gasteiger partial charge in [0.2, 0.25) is 11.6 Å². The molecule has 1 aromatic carbocycles. The summed E-state index contributed by atoms with van der Waals surface area (Å²) in [5.74, 6) is 3.66. The third kappa shape index (κ3) is 2.46. The molecule has 0 saturated carbocycles. The molecule has 0 aliphatic carbocycles. The molecule has 0 aliphatic rings. The first-order valence-electron chi connectivity index (χ1n) is 7.87. The number of ether oxygens (including phenoxy) is 3. The van der Waals surface area contributed by atoms with Crippen LogP contribution in [0.1, 0.15) is 5.76 Å². The number of hydrogen-bond acceptors (Lipinski definition) is 7. The SMILES string of the molecule is COc1cc2cc(-c3nc(-c4ccc(C)o4)no3)[nH]c2c(OC)c1OC. The fraction of sp³-hybridized carbons (Fsp3) is 0.222. The molecule has 0 radical (unpaired) electrons. The van der Waals surface area contributed by atoms with Crippen molar-refractivity contribution in [3.63, 3.8) is 0 Å². The van der Waals surface area contributed by atoms with Crippen LogP contribution < -0.4 is 14.2 Å². The third-order valence-electron chi connectivity index (χ3n) is 4.04. The summed E-state index contributed by atoms with van der Waals surface area (Å²) in [6, 6.07) is 7.38. The van der Waals surface area contributed by atoms with Gasteiger partial charge in [0.25, 0.3) is 5.89 Å². The minimum atomic E-state index is 0.338. The molecule has 3 heterocycles. The second-order valence-corrected chi connectivity index (χ2v) is 5.63. The summed E-state index contributed by atoms with van der Waals surface area (Å²) in [6.07, 6.45) is 0. The molecule has 8 heteroatoms.